The molecule has 0 unspecified atom stereocenters. The maximum atomic E-state index is 12.0. The van der Waals surface area contributed by atoms with E-state index >= 15 is 0 Å². The van der Waals surface area contributed by atoms with E-state index in [1.807, 2.05) is 0 Å². The van der Waals surface area contributed by atoms with Crippen LogP contribution < -0.4 is 10.2 Å². The zero-order valence-electron chi connectivity index (χ0n) is 11.0. The van der Waals surface area contributed by atoms with E-state index in [9.17, 15) is 14.4 Å². The van der Waals surface area contributed by atoms with E-state index in [1.165, 1.54) is 18.7 Å². The highest BCUT2D eigenvalue weighted by Crippen LogP contribution is 2.19. The second-order valence-corrected chi connectivity index (χ2v) is 4.13. The van der Waals surface area contributed by atoms with Gasteiger partial charge in [-0.15, -0.1) is 0 Å². The molecule has 0 fully saturated rings. The number of carbonyl (C=O) groups excluding carboxylic acids is 2. The lowest BCUT2D eigenvalue weighted by molar-refractivity contribution is -0.138. The van der Waals surface area contributed by atoms with Gasteiger partial charge in [0.2, 0.25) is 5.91 Å². The number of amides is 2. The van der Waals surface area contributed by atoms with Crippen LogP contribution >= 0.6 is 0 Å². The summed E-state index contributed by atoms with van der Waals surface area (Å²) >= 11 is 0. The molecular formula is C13H16N2O4. The summed E-state index contributed by atoms with van der Waals surface area (Å²) < 4.78 is 0. The van der Waals surface area contributed by atoms with Gasteiger partial charge in [0.05, 0.1) is 11.3 Å². The van der Waals surface area contributed by atoms with Gasteiger partial charge < -0.3 is 15.3 Å². The highest BCUT2D eigenvalue weighted by atomic mass is 16.4. The second-order valence-electron chi connectivity index (χ2n) is 4.13. The van der Waals surface area contributed by atoms with E-state index in [0.29, 0.717) is 5.69 Å². The molecule has 0 saturated heterocycles. The number of rotatable bonds is 4. The van der Waals surface area contributed by atoms with Crippen molar-refractivity contribution >= 4 is 23.5 Å². The number of anilines is 1. The van der Waals surface area contributed by atoms with Crippen molar-refractivity contribution in [3.8, 4) is 0 Å². The summed E-state index contributed by atoms with van der Waals surface area (Å²) in [6.45, 7) is 2.76. The molecule has 6 heteroatoms. The van der Waals surface area contributed by atoms with Crippen LogP contribution in [-0.2, 0) is 9.59 Å². The fourth-order valence-electron chi connectivity index (χ4n) is 1.46. The molecule has 0 aromatic heterocycles. The Labute approximate surface area is 111 Å². The maximum Gasteiger partial charge on any atom is 0.325 e. The smallest absolute Gasteiger partial charge is 0.325 e. The van der Waals surface area contributed by atoms with Crippen molar-refractivity contribution in [2.75, 3.05) is 11.9 Å². The minimum absolute atomic E-state index is 0.216. The van der Waals surface area contributed by atoms with Gasteiger partial charge in [-0.1, -0.05) is 12.1 Å². The number of hydrogen-bond donors (Lipinski definition) is 2. The van der Waals surface area contributed by atoms with Gasteiger partial charge in [0.1, 0.15) is 6.04 Å². The molecule has 2 N–H and O–H groups in total. The Morgan fingerprint density at radius 3 is 2.37 bits per heavy atom. The summed E-state index contributed by atoms with van der Waals surface area (Å²) in [7, 11) is 1.55. The number of nitrogens with one attached hydrogen (secondary N) is 1. The number of carboxylic acid groups (broad SMARTS) is 1. The lowest BCUT2D eigenvalue weighted by Crippen LogP contribution is -2.39. The molecule has 0 radical (unpaired) electrons. The van der Waals surface area contributed by atoms with E-state index < -0.39 is 17.9 Å². The third-order valence-corrected chi connectivity index (χ3v) is 2.70. The first-order valence-corrected chi connectivity index (χ1v) is 5.71. The Hall–Kier alpha value is -2.37. The Kier molecular flexibility index (Phi) is 4.63. The molecule has 2 amide bonds. The fraction of sp³-hybridized carbons (Fsp3) is 0.308. The van der Waals surface area contributed by atoms with Crippen LogP contribution in [0.4, 0.5) is 5.69 Å². The first-order valence-electron chi connectivity index (χ1n) is 5.71. The molecule has 1 rings (SSSR count). The maximum absolute atomic E-state index is 12.0. The fourth-order valence-corrected chi connectivity index (χ4v) is 1.46. The molecule has 0 heterocycles. The van der Waals surface area contributed by atoms with E-state index in [1.54, 1.807) is 31.3 Å². The van der Waals surface area contributed by atoms with Gasteiger partial charge in [0.15, 0.2) is 0 Å². The normalized spacial score (nSPS) is 11.5. The van der Waals surface area contributed by atoms with Crippen molar-refractivity contribution in [3.05, 3.63) is 29.8 Å². The average Bonchev–Trinajstić information content (AvgIpc) is 2.37. The van der Waals surface area contributed by atoms with Crippen molar-refractivity contribution in [1.82, 2.24) is 5.32 Å². The minimum atomic E-state index is -1.12. The van der Waals surface area contributed by atoms with Gasteiger partial charge in [-0.2, -0.15) is 0 Å². The van der Waals surface area contributed by atoms with Gasteiger partial charge in [0.25, 0.3) is 5.91 Å². The molecule has 0 aliphatic rings. The molecule has 1 atom stereocenters. The lowest BCUT2D eigenvalue weighted by Gasteiger charge is -2.19. The summed E-state index contributed by atoms with van der Waals surface area (Å²) in [5.74, 6) is -1.86. The molecule has 19 heavy (non-hydrogen) atoms. The van der Waals surface area contributed by atoms with Crippen LogP contribution in [0.3, 0.4) is 0 Å². The highest BCUT2D eigenvalue weighted by molar-refractivity contribution is 6.05. The van der Waals surface area contributed by atoms with Crippen molar-refractivity contribution in [2.45, 2.75) is 19.9 Å². The van der Waals surface area contributed by atoms with E-state index in [0.717, 1.165) is 0 Å². The number of hydrogen-bond acceptors (Lipinski definition) is 3. The Morgan fingerprint density at radius 2 is 1.84 bits per heavy atom. The largest absolute Gasteiger partial charge is 0.480 e. The molecule has 6 nitrogen and oxygen atoms in total. The van der Waals surface area contributed by atoms with Crippen molar-refractivity contribution in [3.63, 3.8) is 0 Å². The Bertz CT molecular complexity index is 513. The number of para-hydroxylation sites is 1. The molecule has 1 aromatic rings. The van der Waals surface area contributed by atoms with Crippen LogP contribution in [0.25, 0.3) is 0 Å². The number of carbonyl (C=O) groups is 3. The van der Waals surface area contributed by atoms with E-state index in [-0.39, 0.29) is 11.5 Å². The Balaban J connectivity index is 3.04. The standard InChI is InChI=1S/C13H16N2O4/c1-8(13(18)19)14-12(17)10-6-4-5-7-11(10)15(3)9(2)16/h4-8H,1-3H3,(H,14,17)(H,18,19)/t8-/m0/s1. The van der Waals surface area contributed by atoms with Gasteiger partial charge in [-0.25, -0.2) is 0 Å². The number of benzene rings is 1. The number of nitrogens with zero attached hydrogens (tertiary/aromatic N) is 1. The molecule has 1 aromatic carbocycles. The third kappa shape index (κ3) is 3.54. The first kappa shape index (κ1) is 14.7. The van der Waals surface area contributed by atoms with Crippen LogP contribution in [0.2, 0.25) is 0 Å². The summed E-state index contributed by atoms with van der Waals surface area (Å²) in [6.07, 6.45) is 0. The third-order valence-electron chi connectivity index (χ3n) is 2.70. The quantitative estimate of drug-likeness (QED) is 0.844. The molecule has 102 valence electrons. The van der Waals surface area contributed by atoms with Crippen molar-refractivity contribution in [2.24, 2.45) is 0 Å². The molecular weight excluding hydrogens is 248 g/mol. The first-order chi connectivity index (χ1) is 8.84. The lowest BCUT2D eigenvalue weighted by atomic mass is 10.1. The van der Waals surface area contributed by atoms with Gasteiger partial charge in [0, 0.05) is 14.0 Å². The number of carboxylic acids is 1. The summed E-state index contributed by atoms with van der Waals surface area (Å²) in [5, 5.41) is 11.1. The molecule has 0 spiro atoms. The minimum Gasteiger partial charge on any atom is -0.480 e. The predicted octanol–water partition coefficient (Wildman–Crippen LogP) is 0.872. The zero-order chi connectivity index (χ0) is 14.6. The predicted molar refractivity (Wildman–Crippen MR) is 70.1 cm³/mol. The molecule has 0 saturated carbocycles. The molecule has 0 bridgehead atoms. The molecule has 0 aliphatic heterocycles. The highest BCUT2D eigenvalue weighted by Gasteiger charge is 2.19. The van der Waals surface area contributed by atoms with Crippen molar-refractivity contribution in [1.29, 1.82) is 0 Å². The summed E-state index contributed by atoms with van der Waals surface area (Å²) in [6, 6.07) is 5.52. The van der Waals surface area contributed by atoms with Gasteiger partial charge in [-0.05, 0) is 19.1 Å². The van der Waals surface area contributed by atoms with E-state index in [4.69, 9.17) is 5.11 Å². The van der Waals surface area contributed by atoms with Crippen LogP contribution in [-0.4, -0.2) is 36.0 Å². The van der Waals surface area contributed by atoms with Crippen LogP contribution in [0.1, 0.15) is 24.2 Å². The molecule has 0 aliphatic carbocycles. The van der Waals surface area contributed by atoms with Crippen LogP contribution in [0.5, 0.6) is 0 Å². The second kappa shape index (κ2) is 5.99. The topological polar surface area (TPSA) is 86.7 Å². The zero-order valence-corrected chi connectivity index (χ0v) is 11.0. The summed E-state index contributed by atoms with van der Waals surface area (Å²) in [5.41, 5.74) is 0.693. The average molecular weight is 264 g/mol. The van der Waals surface area contributed by atoms with Gasteiger partial charge >= 0.3 is 5.97 Å². The van der Waals surface area contributed by atoms with Crippen LogP contribution in [0, 0.1) is 0 Å². The summed E-state index contributed by atoms with van der Waals surface area (Å²) in [4.78, 5) is 35.4. The van der Waals surface area contributed by atoms with E-state index in [2.05, 4.69) is 5.32 Å². The Morgan fingerprint density at radius 1 is 1.26 bits per heavy atom. The SMILES string of the molecule is CC(=O)N(C)c1ccccc1C(=O)N[C@@H](C)C(=O)O. The van der Waals surface area contributed by atoms with Gasteiger partial charge in [-0.3, -0.25) is 14.4 Å². The number of aliphatic carboxylic acids is 1. The van der Waals surface area contributed by atoms with Crippen molar-refractivity contribution < 1.29 is 19.5 Å². The monoisotopic (exact) mass is 264 g/mol. The van der Waals surface area contributed by atoms with Crippen LogP contribution in [0.15, 0.2) is 24.3 Å².